The molecule has 4 rings (SSSR count). The van der Waals surface area contributed by atoms with Crippen molar-refractivity contribution in [3.05, 3.63) is 119 Å². The Morgan fingerprint density at radius 1 is 0.811 bits per heavy atom. The number of unbranched alkanes of at least 4 members (excludes halogenated alkanes) is 4. The summed E-state index contributed by atoms with van der Waals surface area (Å²) < 4.78 is 56.8. The molecule has 0 unspecified atom stereocenters. The number of carboxylic acid groups (broad SMARTS) is 1. The number of benzene rings is 3. The zero-order chi connectivity index (χ0) is 38.4. The number of pyridine rings is 1. The van der Waals surface area contributed by atoms with Crippen LogP contribution in [0.4, 0.5) is 13.2 Å². The van der Waals surface area contributed by atoms with Gasteiger partial charge in [0.15, 0.2) is 5.78 Å². The number of ketones is 1. The van der Waals surface area contributed by atoms with Crippen LogP contribution in [-0.2, 0) is 23.9 Å². The summed E-state index contributed by atoms with van der Waals surface area (Å²) in [4.78, 5) is 55.5. The Hall–Kier alpha value is -5.72. The van der Waals surface area contributed by atoms with E-state index in [1.54, 1.807) is 36.4 Å². The largest absolute Gasteiger partial charge is 0.497 e. The van der Waals surface area contributed by atoms with E-state index in [9.17, 15) is 37.5 Å². The van der Waals surface area contributed by atoms with Crippen molar-refractivity contribution < 1.29 is 51.7 Å². The first-order valence-corrected chi connectivity index (χ1v) is 17.2. The third kappa shape index (κ3) is 12.2. The number of halogens is 3. The fourth-order valence-corrected chi connectivity index (χ4v) is 5.40. The Balaban J connectivity index is 1.32. The lowest BCUT2D eigenvalue weighted by atomic mass is 9.99. The molecule has 0 spiro atoms. The Labute approximate surface area is 305 Å². The first-order valence-electron chi connectivity index (χ1n) is 17.2. The highest BCUT2D eigenvalue weighted by atomic mass is 19.4. The molecular formula is C40H41F3N2O8. The number of aliphatic carboxylic acids is 1. The van der Waals surface area contributed by atoms with Crippen LogP contribution in [0.2, 0.25) is 0 Å². The number of hydrogen-bond donors (Lipinski definition) is 1. The molecular weight excluding hydrogens is 693 g/mol. The minimum atomic E-state index is -4.64. The van der Waals surface area contributed by atoms with E-state index >= 15 is 0 Å². The summed E-state index contributed by atoms with van der Waals surface area (Å²) in [7, 11) is 1.26. The van der Waals surface area contributed by atoms with Crippen LogP contribution in [0.25, 0.3) is 0 Å². The number of esters is 1. The Morgan fingerprint density at radius 2 is 1.47 bits per heavy atom. The van der Waals surface area contributed by atoms with Crippen LogP contribution in [-0.4, -0.2) is 58.9 Å². The first-order chi connectivity index (χ1) is 25.4. The number of carbonyl (C=O) groups excluding carboxylic acids is 3. The summed E-state index contributed by atoms with van der Waals surface area (Å²) in [6.45, 7) is 1.99. The molecule has 0 saturated carbocycles. The second-order valence-corrected chi connectivity index (χ2v) is 12.3. The van der Waals surface area contributed by atoms with Gasteiger partial charge in [-0.2, -0.15) is 13.2 Å². The molecule has 0 radical (unpaired) electrons. The number of rotatable bonds is 19. The molecule has 0 saturated heterocycles. The van der Waals surface area contributed by atoms with Crippen LogP contribution in [0.5, 0.6) is 17.2 Å². The average molecular weight is 735 g/mol. The molecule has 0 atom stereocenters. The number of nitrogens with zero attached hydrogens (tertiary/aromatic N) is 2. The third-order valence-electron chi connectivity index (χ3n) is 8.28. The van der Waals surface area contributed by atoms with E-state index in [0.717, 1.165) is 30.0 Å². The van der Waals surface area contributed by atoms with Crippen molar-refractivity contribution in [2.45, 2.75) is 64.6 Å². The van der Waals surface area contributed by atoms with E-state index in [4.69, 9.17) is 14.2 Å². The lowest BCUT2D eigenvalue weighted by Crippen LogP contribution is -2.35. The standard InChI is InChI=1S/C40H41F3N2O8/c1-3-4-5-6-7-22-52-31-17-11-29(12-18-31)39(50)53-32-15-8-27(9-16-32)25-45(26-37(47)48)38(49)35-20-13-30(24-44-35)36(46)21-14-28-10-19-33(51-2)23-34(28)40(41,42)43/h8-13,15-20,23-24H,3-7,14,21-22,25-26H2,1-2H3,(H,47,48). The predicted octanol–water partition coefficient (Wildman–Crippen LogP) is 8.22. The highest BCUT2D eigenvalue weighted by Crippen LogP contribution is 2.35. The second-order valence-electron chi connectivity index (χ2n) is 12.3. The lowest BCUT2D eigenvalue weighted by Gasteiger charge is -2.20. The second kappa shape index (κ2) is 19.2. The highest BCUT2D eigenvalue weighted by molar-refractivity contribution is 5.98. The summed E-state index contributed by atoms with van der Waals surface area (Å²) >= 11 is 0. The fraction of sp³-hybridized carbons (Fsp3) is 0.325. The van der Waals surface area contributed by atoms with Crippen LogP contribution in [0, 0.1) is 0 Å². The summed E-state index contributed by atoms with van der Waals surface area (Å²) in [6, 6.07) is 19.0. The minimum Gasteiger partial charge on any atom is -0.497 e. The number of carboxylic acids is 1. The molecule has 1 aromatic heterocycles. The van der Waals surface area contributed by atoms with Gasteiger partial charge in [0.25, 0.3) is 5.91 Å². The number of alkyl halides is 3. The molecule has 53 heavy (non-hydrogen) atoms. The number of ether oxygens (including phenoxy) is 3. The summed E-state index contributed by atoms with van der Waals surface area (Å²) in [5, 5.41) is 9.48. The quantitative estimate of drug-likeness (QED) is 0.0438. The van der Waals surface area contributed by atoms with Crippen molar-refractivity contribution in [1.29, 1.82) is 0 Å². The normalized spacial score (nSPS) is 11.1. The van der Waals surface area contributed by atoms with Crippen LogP contribution in [0.3, 0.4) is 0 Å². The predicted molar refractivity (Wildman–Crippen MR) is 189 cm³/mol. The van der Waals surface area contributed by atoms with Crippen LogP contribution >= 0.6 is 0 Å². The highest BCUT2D eigenvalue weighted by Gasteiger charge is 2.34. The summed E-state index contributed by atoms with van der Waals surface area (Å²) in [5.74, 6) is -2.11. The van der Waals surface area contributed by atoms with Crippen molar-refractivity contribution in [2.75, 3.05) is 20.3 Å². The molecule has 13 heteroatoms. The summed E-state index contributed by atoms with van der Waals surface area (Å²) in [5.41, 5.74) is -0.147. The van der Waals surface area contributed by atoms with E-state index in [1.165, 1.54) is 62.8 Å². The van der Waals surface area contributed by atoms with Gasteiger partial charge < -0.3 is 24.2 Å². The van der Waals surface area contributed by atoms with Gasteiger partial charge in [-0.15, -0.1) is 0 Å². The number of methoxy groups -OCH3 is 1. The number of Topliss-reactive ketones (excluding diaryl/α,β-unsaturated/α-hetero) is 1. The molecule has 0 aliphatic heterocycles. The summed E-state index contributed by atoms with van der Waals surface area (Å²) in [6.07, 6.45) is 1.69. The zero-order valence-electron chi connectivity index (χ0n) is 29.5. The molecule has 0 aliphatic rings. The molecule has 0 fully saturated rings. The minimum absolute atomic E-state index is 0.0404. The van der Waals surface area contributed by atoms with Crippen molar-refractivity contribution in [3.63, 3.8) is 0 Å². The van der Waals surface area contributed by atoms with Gasteiger partial charge in [0.05, 0.1) is 24.8 Å². The van der Waals surface area contributed by atoms with Crippen molar-refractivity contribution in [3.8, 4) is 17.2 Å². The molecule has 1 amide bonds. The van der Waals surface area contributed by atoms with Crippen LogP contribution in [0.1, 0.15) is 93.3 Å². The zero-order valence-corrected chi connectivity index (χ0v) is 29.5. The van der Waals surface area contributed by atoms with Gasteiger partial charge in [-0.1, -0.05) is 50.8 Å². The molecule has 0 bridgehead atoms. The smallest absolute Gasteiger partial charge is 0.416 e. The Bertz CT molecular complexity index is 1840. The lowest BCUT2D eigenvalue weighted by molar-refractivity contribution is -0.139. The van der Waals surface area contributed by atoms with Crippen LogP contribution in [0.15, 0.2) is 85.1 Å². The van der Waals surface area contributed by atoms with Gasteiger partial charge in [0.2, 0.25) is 0 Å². The monoisotopic (exact) mass is 734 g/mol. The molecule has 0 aliphatic carbocycles. The van der Waals surface area contributed by atoms with E-state index in [-0.39, 0.29) is 47.7 Å². The fourth-order valence-electron chi connectivity index (χ4n) is 5.40. The number of aryl methyl sites for hydroxylation is 1. The van der Waals surface area contributed by atoms with Crippen molar-refractivity contribution in [1.82, 2.24) is 9.88 Å². The maximum Gasteiger partial charge on any atom is 0.416 e. The number of amides is 1. The molecule has 1 N–H and O–H groups in total. The van der Waals surface area contributed by atoms with E-state index in [2.05, 4.69) is 11.9 Å². The molecule has 10 nitrogen and oxygen atoms in total. The van der Waals surface area contributed by atoms with Crippen molar-refractivity contribution in [2.24, 2.45) is 0 Å². The molecule has 280 valence electrons. The average Bonchev–Trinajstić information content (AvgIpc) is 3.15. The SMILES string of the molecule is CCCCCCCOc1ccc(C(=O)Oc2ccc(CN(CC(=O)O)C(=O)c3ccc(C(=O)CCc4ccc(OC)cc4C(F)(F)F)cn3)cc2)cc1. The maximum absolute atomic E-state index is 13.6. The van der Waals surface area contributed by atoms with E-state index in [0.29, 0.717) is 23.5 Å². The van der Waals surface area contributed by atoms with Gasteiger partial charge in [0.1, 0.15) is 29.5 Å². The van der Waals surface area contributed by atoms with Gasteiger partial charge in [-0.3, -0.25) is 19.4 Å². The third-order valence-corrected chi connectivity index (χ3v) is 8.28. The van der Waals surface area contributed by atoms with Gasteiger partial charge in [0, 0.05) is 24.7 Å². The number of aromatic nitrogens is 1. The Kier molecular flexibility index (Phi) is 14.5. The number of carbonyl (C=O) groups is 4. The van der Waals surface area contributed by atoms with Gasteiger partial charge in [-0.05, 0) is 84.6 Å². The van der Waals surface area contributed by atoms with E-state index < -0.39 is 41.9 Å². The van der Waals surface area contributed by atoms with Crippen molar-refractivity contribution >= 4 is 23.6 Å². The number of hydrogen-bond acceptors (Lipinski definition) is 8. The van der Waals surface area contributed by atoms with Crippen LogP contribution < -0.4 is 14.2 Å². The topological polar surface area (TPSA) is 132 Å². The Morgan fingerprint density at radius 3 is 2.09 bits per heavy atom. The molecule has 3 aromatic carbocycles. The molecule has 1 heterocycles. The maximum atomic E-state index is 13.6. The van der Waals surface area contributed by atoms with Gasteiger partial charge >= 0.3 is 18.1 Å². The van der Waals surface area contributed by atoms with Gasteiger partial charge in [-0.25, -0.2) is 4.79 Å². The van der Waals surface area contributed by atoms with E-state index in [1.807, 2.05) is 0 Å². The first kappa shape index (κ1) is 40.1. The molecule has 4 aromatic rings.